The molecule has 0 saturated heterocycles. The van der Waals surface area contributed by atoms with Gasteiger partial charge in [0.15, 0.2) is 0 Å². The zero-order valence-corrected chi connectivity index (χ0v) is 6.66. The third kappa shape index (κ3) is 212. The van der Waals surface area contributed by atoms with Gasteiger partial charge in [-0.2, -0.15) is 7.82 Å². The standard InChI is InChI=1S/Al.Fe.H3O4P.H2O/c;;1-5(2,3)4;/h;;(H3,1,2,3,4);1H2/q+3;;;/p-3. The monoisotopic (exact) mass is 196 g/mol. The Bertz CT molecular complexity index is 58.6. The van der Waals surface area contributed by atoms with Crippen LogP contribution in [0.1, 0.15) is 0 Å². The van der Waals surface area contributed by atoms with Crippen molar-refractivity contribution in [3.63, 3.8) is 0 Å². The molecule has 0 unspecified atom stereocenters. The van der Waals surface area contributed by atoms with E-state index in [4.69, 9.17) is 19.2 Å². The van der Waals surface area contributed by atoms with E-state index >= 15 is 0 Å². The van der Waals surface area contributed by atoms with Gasteiger partial charge in [-0.25, -0.2) is 0 Å². The molecule has 0 atom stereocenters. The van der Waals surface area contributed by atoms with Gasteiger partial charge in [0.1, 0.15) is 0 Å². The summed E-state index contributed by atoms with van der Waals surface area (Å²) in [5.41, 5.74) is 0. The zero-order chi connectivity index (χ0) is 4.50. The maximum atomic E-state index is 8.55. The average Bonchev–Trinajstić information content (AvgIpc) is 0.722. The molecule has 0 aromatic heterocycles. The maximum absolute atomic E-state index is 8.55. The van der Waals surface area contributed by atoms with Crippen molar-refractivity contribution in [3.05, 3.63) is 0 Å². The molecule has 0 rings (SSSR count). The molecule has 0 amide bonds. The Morgan fingerprint density at radius 1 is 1.12 bits per heavy atom. The van der Waals surface area contributed by atoms with Crippen LogP contribution in [0.4, 0.5) is 0 Å². The minimum absolute atomic E-state index is 0. The Morgan fingerprint density at radius 2 is 1.12 bits per heavy atom. The normalized spacial score (nSPS) is 7.38. The van der Waals surface area contributed by atoms with Crippen molar-refractivity contribution >= 4 is 25.2 Å². The van der Waals surface area contributed by atoms with Crippen LogP contribution in [0.25, 0.3) is 0 Å². The molecule has 8 heavy (non-hydrogen) atoms. The summed E-state index contributed by atoms with van der Waals surface area (Å²) in [6, 6.07) is 0. The second-order valence-corrected chi connectivity index (χ2v) is 1.34. The number of hydrogen-bond acceptors (Lipinski definition) is 4. The number of rotatable bonds is 0. The number of hydrogen-bond donors (Lipinski definition) is 0. The molecule has 5 nitrogen and oxygen atoms in total. The molecule has 0 radical (unpaired) electrons. The van der Waals surface area contributed by atoms with E-state index < -0.39 is 7.82 Å². The number of phosphoric acid groups is 1. The molecule has 0 aromatic rings. The van der Waals surface area contributed by atoms with Crippen molar-refractivity contribution in [2.24, 2.45) is 0 Å². The summed E-state index contributed by atoms with van der Waals surface area (Å²) in [4.78, 5) is 25.6. The van der Waals surface area contributed by atoms with Crippen LogP contribution >= 0.6 is 7.82 Å². The van der Waals surface area contributed by atoms with E-state index in [-0.39, 0.29) is 39.9 Å². The van der Waals surface area contributed by atoms with Crippen LogP contribution in [-0.2, 0) is 21.6 Å². The molecule has 0 heterocycles. The largest absolute Gasteiger partial charge is 3.00 e. The first kappa shape index (κ1) is 22.9. The van der Waals surface area contributed by atoms with Crippen LogP contribution in [0.3, 0.4) is 0 Å². The van der Waals surface area contributed by atoms with Crippen LogP contribution < -0.4 is 14.7 Å². The third-order valence-electron chi connectivity index (χ3n) is 0. The fraction of sp³-hybridized carbons (Fsp3) is 0. The van der Waals surface area contributed by atoms with Crippen molar-refractivity contribution in [1.29, 1.82) is 0 Å². The molecule has 0 saturated carbocycles. The van der Waals surface area contributed by atoms with Gasteiger partial charge in [0.25, 0.3) is 0 Å². The quantitative estimate of drug-likeness (QED) is 0.289. The molecular formula is H2AlFeO5P. The molecule has 2 N–H and O–H groups in total. The molecule has 0 aliphatic heterocycles. The topological polar surface area (TPSA) is 118 Å². The fourth-order valence-corrected chi connectivity index (χ4v) is 0. The van der Waals surface area contributed by atoms with Gasteiger partial charge in [-0.3, -0.25) is 0 Å². The van der Waals surface area contributed by atoms with Crippen LogP contribution in [0.5, 0.6) is 0 Å². The molecular weight excluding hydrogens is 194 g/mol. The summed E-state index contributed by atoms with van der Waals surface area (Å²) in [6.45, 7) is 0. The van der Waals surface area contributed by atoms with Gasteiger partial charge >= 0.3 is 17.4 Å². The smallest absolute Gasteiger partial charge is 0.822 e. The summed E-state index contributed by atoms with van der Waals surface area (Å²) in [6.07, 6.45) is 0. The van der Waals surface area contributed by atoms with Crippen LogP contribution in [-0.4, -0.2) is 22.8 Å². The van der Waals surface area contributed by atoms with E-state index in [1.807, 2.05) is 0 Å². The molecule has 8 heteroatoms. The molecule has 0 fully saturated rings. The molecule has 0 bridgehead atoms. The van der Waals surface area contributed by atoms with E-state index in [0.717, 1.165) is 0 Å². The van der Waals surface area contributed by atoms with Gasteiger partial charge in [0.2, 0.25) is 0 Å². The van der Waals surface area contributed by atoms with Gasteiger partial charge in [0.05, 0.1) is 0 Å². The summed E-state index contributed by atoms with van der Waals surface area (Å²) in [5.74, 6) is 0. The Morgan fingerprint density at radius 3 is 1.12 bits per heavy atom. The second kappa shape index (κ2) is 8.12. The SMILES string of the molecule is O.O=P([O-])([O-])[O-].[Al+3].[Fe]. The van der Waals surface area contributed by atoms with E-state index in [1.165, 1.54) is 0 Å². The van der Waals surface area contributed by atoms with E-state index in [9.17, 15) is 0 Å². The van der Waals surface area contributed by atoms with Crippen molar-refractivity contribution in [3.8, 4) is 0 Å². The summed E-state index contributed by atoms with van der Waals surface area (Å²) in [7, 11) is -5.39. The van der Waals surface area contributed by atoms with Gasteiger partial charge < -0.3 is 24.7 Å². The summed E-state index contributed by atoms with van der Waals surface area (Å²) in [5, 5.41) is 0. The first-order chi connectivity index (χ1) is 2.00. The molecule has 0 aliphatic rings. The minimum Gasteiger partial charge on any atom is -0.822 e. The molecule has 48 valence electrons. The van der Waals surface area contributed by atoms with Gasteiger partial charge in [-0.05, 0) is 0 Å². The van der Waals surface area contributed by atoms with E-state index in [1.54, 1.807) is 0 Å². The summed E-state index contributed by atoms with van der Waals surface area (Å²) < 4.78 is 8.55. The molecule has 0 spiro atoms. The first-order valence-corrected chi connectivity index (χ1v) is 2.19. The first-order valence-electron chi connectivity index (χ1n) is 0.730. The third-order valence-corrected chi connectivity index (χ3v) is 0. The van der Waals surface area contributed by atoms with Crippen LogP contribution in [0.15, 0.2) is 0 Å². The van der Waals surface area contributed by atoms with Gasteiger partial charge in [-0.1, -0.05) is 0 Å². The Labute approximate surface area is 67.3 Å². The maximum Gasteiger partial charge on any atom is 3.00 e. The predicted molar refractivity (Wildman–Crippen MR) is 17.0 cm³/mol. The fourth-order valence-electron chi connectivity index (χ4n) is 0. The Hall–Kier alpha value is 1.12. The second-order valence-electron chi connectivity index (χ2n) is 0.447. The average molecular weight is 196 g/mol. The van der Waals surface area contributed by atoms with E-state index in [2.05, 4.69) is 0 Å². The van der Waals surface area contributed by atoms with Crippen LogP contribution in [0.2, 0.25) is 0 Å². The molecule has 0 aromatic carbocycles. The minimum atomic E-state index is -5.39. The molecule has 0 aliphatic carbocycles. The van der Waals surface area contributed by atoms with Crippen molar-refractivity contribution < 1.29 is 41.8 Å². The van der Waals surface area contributed by atoms with Gasteiger partial charge in [0, 0.05) is 17.1 Å². The van der Waals surface area contributed by atoms with Crippen molar-refractivity contribution in [2.75, 3.05) is 0 Å². The Balaban J connectivity index is -0.0000000267. The van der Waals surface area contributed by atoms with Crippen molar-refractivity contribution in [1.82, 2.24) is 0 Å². The zero-order valence-electron chi connectivity index (χ0n) is 3.51. The Kier molecular flexibility index (Phi) is 23.3. The summed E-state index contributed by atoms with van der Waals surface area (Å²) >= 11 is 0. The predicted octanol–water partition coefficient (Wildman–Crippen LogP) is -4.03. The van der Waals surface area contributed by atoms with Crippen molar-refractivity contribution in [2.45, 2.75) is 0 Å². The van der Waals surface area contributed by atoms with Gasteiger partial charge in [-0.15, -0.1) is 0 Å². The van der Waals surface area contributed by atoms with Crippen LogP contribution in [0, 0.1) is 0 Å². The van der Waals surface area contributed by atoms with E-state index in [0.29, 0.717) is 0 Å².